The Labute approximate surface area is 107 Å². The second-order valence-corrected chi connectivity index (χ2v) is 4.33. The zero-order chi connectivity index (χ0) is 12.3. The van der Waals surface area contributed by atoms with Crippen LogP contribution in [0.25, 0.3) is 0 Å². The van der Waals surface area contributed by atoms with Crippen LogP contribution in [-0.4, -0.2) is 16.7 Å². The zero-order valence-corrected chi connectivity index (χ0v) is 10.8. The van der Waals surface area contributed by atoms with E-state index < -0.39 is 0 Å². The van der Waals surface area contributed by atoms with Gasteiger partial charge >= 0.3 is 0 Å². The summed E-state index contributed by atoms with van der Waals surface area (Å²) in [5.41, 5.74) is 0.724. The van der Waals surface area contributed by atoms with Gasteiger partial charge in [-0.05, 0) is 28.1 Å². The fourth-order valence-corrected chi connectivity index (χ4v) is 2.00. The van der Waals surface area contributed by atoms with Crippen molar-refractivity contribution in [3.05, 3.63) is 57.2 Å². The van der Waals surface area contributed by atoms with Gasteiger partial charge in [-0.2, -0.15) is 0 Å². The SMILES string of the molecule is COc1cc(=O)n(Cc2ccccn2)cc1Br. The predicted octanol–water partition coefficient (Wildman–Crippen LogP) is 2.06. The molecule has 0 bridgehead atoms. The minimum absolute atomic E-state index is 0.115. The van der Waals surface area contributed by atoms with E-state index in [4.69, 9.17) is 4.74 Å². The molecular formula is C12H11BrN2O2. The molecule has 0 fully saturated rings. The third-order valence-corrected chi connectivity index (χ3v) is 2.92. The van der Waals surface area contributed by atoms with Gasteiger partial charge in [-0.1, -0.05) is 6.07 Å². The monoisotopic (exact) mass is 294 g/mol. The van der Waals surface area contributed by atoms with E-state index in [9.17, 15) is 4.79 Å². The van der Waals surface area contributed by atoms with Crippen LogP contribution in [0, 0.1) is 0 Å². The average Bonchev–Trinajstić information content (AvgIpc) is 2.34. The Morgan fingerprint density at radius 3 is 2.94 bits per heavy atom. The molecule has 17 heavy (non-hydrogen) atoms. The van der Waals surface area contributed by atoms with Gasteiger partial charge < -0.3 is 9.30 Å². The maximum Gasteiger partial charge on any atom is 0.254 e. The summed E-state index contributed by atoms with van der Waals surface area (Å²) < 4.78 is 7.38. The summed E-state index contributed by atoms with van der Waals surface area (Å²) in [5.74, 6) is 0.535. The number of hydrogen-bond donors (Lipinski definition) is 0. The Balaban J connectivity index is 2.34. The van der Waals surface area contributed by atoms with Crippen LogP contribution in [0.1, 0.15) is 5.69 Å². The van der Waals surface area contributed by atoms with E-state index in [1.807, 2.05) is 18.2 Å². The highest BCUT2D eigenvalue weighted by Crippen LogP contribution is 2.21. The lowest BCUT2D eigenvalue weighted by molar-refractivity contribution is 0.409. The number of hydrogen-bond acceptors (Lipinski definition) is 3. The average molecular weight is 295 g/mol. The van der Waals surface area contributed by atoms with E-state index in [1.165, 1.54) is 13.2 Å². The number of halogens is 1. The van der Waals surface area contributed by atoms with Crippen molar-refractivity contribution in [1.29, 1.82) is 0 Å². The number of pyridine rings is 2. The van der Waals surface area contributed by atoms with Gasteiger partial charge in [-0.3, -0.25) is 9.78 Å². The van der Waals surface area contributed by atoms with Crippen molar-refractivity contribution in [2.45, 2.75) is 6.54 Å². The van der Waals surface area contributed by atoms with Gasteiger partial charge in [0.2, 0.25) is 0 Å². The van der Waals surface area contributed by atoms with Crippen LogP contribution < -0.4 is 10.3 Å². The van der Waals surface area contributed by atoms with Crippen molar-refractivity contribution in [3.8, 4) is 5.75 Å². The van der Waals surface area contributed by atoms with Crippen molar-refractivity contribution in [1.82, 2.24) is 9.55 Å². The lowest BCUT2D eigenvalue weighted by Crippen LogP contribution is -2.20. The van der Waals surface area contributed by atoms with Crippen molar-refractivity contribution in [2.24, 2.45) is 0 Å². The summed E-state index contributed by atoms with van der Waals surface area (Å²) in [6.45, 7) is 0.447. The fourth-order valence-electron chi connectivity index (χ4n) is 1.47. The van der Waals surface area contributed by atoms with Crippen LogP contribution in [0.15, 0.2) is 45.9 Å². The van der Waals surface area contributed by atoms with Gasteiger partial charge in [-0.25, -0.2) is 0 Å². The fraction of sp³-hybridized carbons (Fsp3) is 0.167. The molecule has 2 aromatic rings. The molecule has 2 heterocycles. The maximum absolute atomic E-state index is 11.8. The van der Waals surface area contributed by atoms with Crippen LogP contribution in [-0.2, 0) is 6.54 Å². The summed E-state index contributed by atoms with van der Waals surface area (Å²) in [5, 5.41) is 0. The van der Waals surface area contributed by atoms with Gasteiger partial charge in [0.05, 0.1) is 23.8 Å². The molecule has 0 radical (unpaired) electrons. The molecule has 0 aliphatic carbocycles. The van der Waals surface area contributed by atoms with Gasteiger partial charge in [-0.15, -0.1) is 0 Å². The minimum atomic E-state index is -0.115. The summed E-state index contributed by atoms with van der Waals surface area (Å²) in [6.07, 6.45) is 3.41. The molecular weight excluding hydrogens is 284 g/mol. The lowest BCUT2D eigenvalue weighted by Gasteiger charge is -2.08. The smallest absolute Gasteiger partial charge is 0.254 e. The second-order valence-electron chi connectivity index (χ2n) is 3.48. The summed E-state index contributed by atoms with van der Waals surface area (Å²) in [7, 11) is 1.53. The molecule has 0 saturated carbocycles. The topological polar surface area (TPSA) is 44.1 Å². The Morgan fingerprint density at radius 1 is 1.47 bits per heavy atom. The first-order valence-electron chi connectivity index (χ1n) is 5.04. The van der Waals surface area contributed by atoms with Crippen LogP contribution >= 0.6 is 15.9 Å². The highest BCUT2D eigenvalue weighted by atomic mass is 79.9. The molecule has 2 rings (SSSR count). The molecule has 0 aliphatic rings. The van der Waals surface area contributed by atoms with E-state index in [-0.39, 0.29) is 5.56 Å². The summed E-state index contributed by atoms with van der Waals surface area (Å²) in [6, 6.07) is 7.07. The first-order valence-corrected chi connectivity index (χ1v) is 5.84. The number of methoxy groups -OCH3 is 1. The van der Waals surface area contributed by atoms with Crippen LogP contribution in [0.4, 0.5) is 0 Å². The highest BCUT2D eigenvalue weighted by Gasteiger charge is 2.05. The maximum atomic E-state index is 11.8. The molecule has 0 aromatic carbocycles. The van der Waals surface area contributed by atoms with Gasteiger partial charge in [0.15, 0.2) is 0 Å². The number of ether oxygens (including phenoxy) is 1. The number of nitrogens with zero attached hydrogens (tertiary/aromatic N) is 2. The molecule has 4 nitrogen and oxygen atoms in total. The van der Waals surface area contributed by atoms with E-state index in [0.29, 0.717) is 12.3 Å². The van der Waals surface area contributed by atoms with Gasteiger partial charge in [0.25, 0.3) is 5.56 Å². The van der Waals surface area contributed by atoms with Crippen molar-refractivity contribution in [2.75, 3.05) is 7.11 Å². The van der Waals surface area contributed by atoms with Crippen LogP contribution in [0.2, 0.25) is 0 Å². The first-order chi connectivity index (χ1) is 8.20. The Morgan fingerprint density at radius 2 is 2.29 bits per heavy atom. The van der Waals surface area contributed by atoms with E-state index in [2.05, 4.69) is 20.9 Å². The Kier molecular flexibility index (Phi) is 3.58. The predicted molar refractivity (Wildman–Crippen MR) is 68.3 cm³/mol. The molecule has 0 amide bonds. The molecule has 0 saturated heterocycles. The zero-order valence-electron chi connectivity index (χ0n) is 9.26. The van der Waals surface area contributed by atoms with Crippen molar-refractivity contribution < 1.29 is 4.74 Å². The van der Waals surface area contributed by atoms with Gasteiger partial charge in [0.1, 0.15) is 5.75 Å². The quantitative estimate of drug-likeness (QED) is 0.870. The molecule has 0 N–H and O–H groups in total. The summed E-state index contributed by atoms with van der Waals surface area (Å²) >= 11 is 3.35. The number of aromatic nitrogens is 2. The molecule has 2 aromatic heterocycles. The standard InChI is InChI=1S/C12H11BrN2O2/c1-17-11-6-12(16)15(8-10(11)13)7-9-4-2-3-5-14-9/h2-6,8H,7H2,1H3. The molecule has 0 atom stereocenters. The normalized spacial score (nSPS) is 10.2. The summed E-state index contributed by atoms with van der Waals surface area (Å²) in [4.78, 5) is 16.0. The van der Waals surface area contributed by atoms with E-state index >= 15 is 0 Å². The molecule has 5 heteroatoms. The number of rotatable bonds is 3. The first kappa shape index (κ1) is 11.9. The molecule has 0 spiro atoms. The van der Waals surface area contributed by atoms with Crippen molar-refractivity contribution >= 4 is 15.9 Å². The third kappa shape index (κ3) is 2.74. The third-order valence-electron chi connectivity index (χ3n) is 2.32. The van der Waals surface area contributed by atoms with Gasteiger partial charge in [0, 0.05) is 18.5 Å². The Bertz CT molecular complexity index is 566. The van der Waals surface area contributed by atoms with E-state index in [0.717, 1.165) is 10.2 Å². The lowest BCUT2D eigenvalue weighted by atomic mass is 10.3. The Hall–Kier alpha value is -1.62. The molecule has 0 aliphatic heterocycles. The van der Waals surface area contributed by atoms with Crippen LogP contribution in [0.5, 0.6) is 5.75 Å². The molecule has 88 valence electrons. The molecule has 0 unspecified atom stereocenters. The minimum Gasteiger partial charge on any atom is -0.495 e. The van der Waals surface area contributed by atoms with Crippen LogP contribution in [0.3, 0.4) is 0 Å². The highest BCUT2D eigenvalue weighted by molar-refractivity contribution is 9.10. The largest absolute Gasteiger partial charge is 0.495 e. The second kappa shape index (κ2) is 5.14. The van der Waals surface area contributed by atoms with E-state index in [1.54, 1.807) is 17.0 Å². The van der Waals surface area contributed by atoms with Crippen molar-refractivity contribution in [3.63, 3.8) is 0 Å².